The average molecular weight is 343 g/mol. The average Bonchev–Trinajstić information content (AvgIpc) is 3.10. The van der Waals surface area contributed by atoms with Crippen molar-refractivity contribution in [1.29, 1.82) is 0 Å². The van der Waals surface area contributed by atoms with E-state index in [-0.39, 0.29) is 5.91 Å². The number of amides is 1. The summed E-state index contributed by atoms with van der Waals surface area (Å²) in [6.45, 7) is 5.27. The van der Waals surface area contributed by atoms with Crippen LogP contribution >= 0.6 is 15.9 Å². The Bertz CT molecular complexity index is 463. The standard InChI is InChI=1S/C14H19BrN2O3/c15-13-12(3-9-20-13)14(18)17-6-4-16(5-7-17)10-11-2-1-8-19-11/h3,9,11H,1-2,4-8,10H2. The summed E-state index contributed by atoms with van der Waals surface area (Å²) in [5.41, 5.74) is 0.609. The van der Waals surface area contributed by atoms with E-state index in [4.69, 9.17) is 9.15 Å². The van der Waals surface area contributed by atoms with Crippen molar-refractivity contribution in [2.45, 2.75) is 18.9 Å². The number of carbonyl (C=O) groups excluding carboxylic acids is 1. The highest BCUT2D eigenvalue weighted by molar-refractivity contribution is 9.10. The molecule has 0 saturated carbocycles. The van der Waals surface area contributed by atoms with Crippen LogP contribution in [0.15, 0.2) is 21.4 Å². The molecule has 1 atom stereocenters. The lowest BCUT2D eigenvalue weighted by Gasteiger charge is -2.35. The molecule has 1 aromatic heterocycles. The summed E-state index contributed by atoms with van der Waals surface area (Å²) in [7, 11) is 0. The van der Waals surface area contributed by atoms with Gasteiger partial charge in [0.15, 0.2) is 4.67 Å². The zero-order chi connectivity index (χ0) is 13.9. The van der Waals surface area contributed by atoms with Crippen LogP contribution in [-0.4, -0.2) is 61.1 Å². The molecule has 3 heterocycles. The molecule has 0 bridgehead atoms. The maximum absolute atomic E-state index is 12.3. The van der Waals surface area contributed by atoms with E-state index in [9.17, 15) is 4.79 Å². The van der Waals surface area contributed by atoms with Crippen molar-refractivity contribution in [3.8, 4) is 0 Å². The molecule has 0 radical (unpaired) electrons. The Hall–Kier alpha value is -0.850. The third-order valence-corrected chi connectivity index (χ3v) is 4.61. The number of carbonyl (C=O) groups is 1. The highest BCUT2D eigenvalue weighted by Gasteiger charge is 2.26. The summed E-state index contributed by atoms with van der Waals surface area (Å²) < 4.78 is 11.3. The zero-order valence-corrected chi connectivity index (χ0v) is 13.0. The van der Waals surface area contributed by atoms with Crippen molar-refractivity contribution in [3.05, 3.63) is 22.6 Å². The Morgan fingerprint density at radius 2 is 2.15 bits per heavy atom. The maximum Gasteiger partial charge on any atom is 0.258 e. The van der Waals surface area contributed by atoms with Gasteiger partial charge in [0, 0.05) is 39.3 Å². The molecular weight excluding hydrogens is 324 g/mol. The van der Waals surface area contributed by atoms with Gasteiger partial charge in [0.1, 0.15) is 0 Å². The molecule has 0 aliphatic carbocycles. The van der Waals surface area contributed by atoms with Crippen molar-refractivity contribution in [2.24, 2.45) is 0 Å². The smallest absolute Gasteiger partial charge is 0.258 e. The molecule has 2 aliphatic rings. The van der Waals surface area contributed by atoms with Crippen molar-refractivity contribution >= 4 is 21.8 Å². The van der Waals surface area contributed by atoms with Crippen molar-refractivity contribution < 1.29 is 13.9 Å². The number of piperazine rings is 1. The van der Waals surface area contributed by atoms with E-state index in [0.29, 0.717) is 16.3 Å². The van der Waals surface area contributed by atoms with Crippen LogP contribution < -0.4 is 0 Å². The monoisotopic (exact) mass is 342 g/mol. The fourth-order valence-corrected chi connectivity index (χ4v) is 3.24. The quantitative estimate of drug-likeness (QED) is 0.842. The molecule has 1 unspecified atom stereocenters. The van der Waals surface area contributed by atoms with Crippen LogP contribution in [0.3, 0.4) is 0 Å². The van der Waals surface area contributed by atoms with Gasteiger partial charge in [-0.1, -0.05) is 0 Å². The SMILES string of the molecule is O=C(c1ccoc1Br)N1CCN(CC2CCCO2)CC1. The maximum atomic E-state index is 12.3. The molecule has 0 aromatic carbocycles. The number of hydrogen-bond acceptors (Lipinski definition) is 4. The molecule has 20 heavy (non-hydrogen) atoms. The lowest BCUT2D eigenvalue weighted by molar-refractivity contribution is 0.0432. The number of furan rings is 1. The van der Waals surface area contributed by atoms with Crippen molar-refractivity contribution in [2.75, 3.05) is 39.3 Å². The Balaban J connectivity index is 1.50. The minimum atomic E-state index is 0.0439. The number of halogens is 1. The molecule has 1 aromatic rings. The first kappa shape index (κ1) is 14.1. The number of ether oxygens (including phenoxy) is 1. The van der Waals surface area contributed by atoms with Gasteiger partial charge in [0.25, 0.3) is 5.91 Å². The highest BCUT2D eigenvalue weighted by atomic mass is 79.9. The Kier molecular flexibility index (Phi) is 4.43. The molecule has 6 heteroatoms. The van der Waals surface area contributed by atoms with Gasteiger partial charge in [-0.25, -0.2) is 0 Å². The van der Waals surface area contributed by atoms with E-state index in [1.165, 1.54) is 19.1 Å². The third-order valence-electron chi connectivity index (χ3n) is 3.99. The second-order valence-corrected chi connectivity index (χ2v) is 6.06. The third kappa shape index (κ3) is 3.07. The van der Waals surface area contributed by atoms with E-state index in [1.54, 1.807) is 6.07 Å². The predicted molar refractivity (Wildman–Crippen MR) is 77.7 cm³/mol. The number of hydrogen-bond donors (Lipinski definition) is 0. The second kappa shape index (κ2) is 6.28. The first-order valence-electron chi connectivity index (χ1n) is 7.10. The van der Waals surface area contributed by atoms with Crippen molar-refractivity contribution in [3.63, 3.8) is 0 Å². The lowest BCUT2D eigenvalue weighted by atomic mass is 10.2. The van der Waals surface area contributed by atoms with Crippen LogP contribution in [0.5, 0.6) is 0 Å². The molecule has 1 amide bonds. The second-order valence-electron chi connectivity index (χ2n) is 5.34. The van der Waals surface area contributed by atoms with Crippen LogP contribution in [0.4, 0.5) is 0 Å². The van der Waals surface area contributed by atoms with E-state index >= 15 is 0 Å². The molecule has 0 N–H and O–H groups in total. The minimum Gasteiger partial charge on any atom is -0.457 e. The summed E-state index contributed by atoms with van der Waals surface area (Å²) in [6.07, 6.45) is 4.27. The molecule has 3 rings (SSSR count). The van der Waals surface area contributed by atoms with E-state index in [0.717, 1.165) is 39.3 Å². The van der Waals surface area contributed by atoms with Crippen molar-refractivity contribution in [1.82, 2.24) is 9.80 Å². The minimum absolute atomic E-state index is 0.0439. The largest absolute Gasteiger partial charge is 0.457 e. The molecular formula is C14H19BrN2O3. The van der Waals surface area contributed by atoms with E-state index in [1.807, 2.05) is 4.90 Å². The van der Waals surface area contributed by atoms with E-state index in [2.05, 4.69) is 20.8 Å². The summed E-state index contributed by atoms with van der Waals surface area (Å²) in [5.74, 6) is 0.0439. The van der Waals surface area contributed by atoms with Gasteiger partial charge >= 0.3 is 0 Å². The summed E-state index contributed by atoms with van der Waals surface area (Å²) in [4.78, 5) is 16.6. The Morgan fingerprint density at radius 3 is 2.75 bits per heavy atom. The fourth-order valence-electron chi connectivity index (χ4n) is 2.83. The topological polar surface area (TPSA) is 45.9 Å². The van der Waals surface area contributed by atoms with Gasteiger partial charge in [-0.15, -0.1) is 0 Å². The fraction of sp³-hybridized carbons (Fsp3) is 0.643. The van der Waals surface area contributed by atoms with Gasteiger partial charge in [-0.05, 0) is 34.8 Å². The van der Waals surface area contributed by atoms with Crippen LogP contribution in [0.1, 0.15) is 23.2 Å². The molecule has 2 saturated heterocycles. The summed E-state index contributed by atoms with van der Waals surface area (Å²) >= 11 is 3.26. The normalized spacial score (nSPS) is 24.2. The number of nitrogens with zero attached hydrogens (tertiary/aromatic N) is 2. The Labute approximate surface area is 127 Å². The summed E-state index contributed by atoms with van der Waals surface area (Å²) in [6, 6.07) is 1.71. The summed E-state index contributed by atoms with van der Waals surface area (Å²) in [5, 5.41) is 0. The van der Waals surface area contributed by atoms with Gasteiger partial charge in [0.2, 0.25) is 0 Å². The molecule has 0 spiro atoms. The van der Waals surface area contributed by atoms with Crippen LogP contribution in [0.25, 0.3) is 0 Å². The van der Waals surface area contributed by atoms with Crippen LogP contribution in [-0.2, 0) is 4.74 Å². The highest BCUT2D eigenvalue weighted by Crippen LogP contribution is 2.20. The zero-order valence-electron chi connectivity index (χ0n) is 11.4. The molecule has 2 aliphatic heterocycles. The van der Waals surface area contributed by atoms with Gasteiger partial charge in [-0.3, -0.25) is 9.69 Å². The predicted octanol–water partition coefficient (Wildman–Crippen LogP) is 1.98. The Morgan fingerprint density at radius 1 is 1.35 bits per heavy atom. The van der Waals surface area contributed by atoms with Crippen LogP contribution in [0.2, 0.25) is 0 Å². The van der Waals surface area contributed by atoms with Gasteiger partial charge < -0.3 is 14.1 Å². The molecule has 110 valence electrons. The van der Waals surface area contributed by atoms with Gasteiger partial charge in [0.05, 0.1) is 17.9 Å². The van der Waals surface area contributed by atoms with E-state index < -0.39 is 0 Å². The number of rotatable bonds is 3. The molecule has 2 fully saturated rings. The lowest BCUT2D eigenvalue weighted by Crippen LogP contribution is -2.50. The van der Waals surface area contributed by atoms with Crippen LogP contribution in [0, 0.1) is 0 Å². The first-order chi connectivity index (χ1) is 9.74. The van der Waals surface area contributed by atoms with Gasteiger partial charge in [-0.2, -0.15) is 0 Å². The molecule has 5 nitrogen and oxygen atoms in total. The first-order valence-corrected chi connectivity index (χ1v) is 7.89.